The van der Waals surface area contributed by atoms with E-state index < -0.39 is 19.6 Å². The van der Waals surface area contributed by atoms with E-state index >= 15 is 0 Å². The lowest BCUT2D eigenvalue weighted by atomic mass is 9.99. The van der Waals surface area contributed by atoms with Crippen LogP contribution in [-0.4, -0.2) is 36.2 Å². The highest BCUT2D eigenvalue weighted by Crippen LogP contribution is 2.45. The summed E-state index contributed by atoms with van der Waals surface area (Å²) >= 11 is 0. The smallest absolute Gasteiger partial charge is 0.328 e. The molecule has 6 nitrogen and oxygen atoms in total. The molecule has 0 fully saturated rings. The van der Waals surface area contributed by atoms with Crippen molar-refractivity contribution >= 4 is 8.32 Å². The van der Waals surface area contributed by atoms with E-state index in [0.29, 0.717) is 18.9 Å². The summed E-state index contributed by atoms with van der Waals surface area (Å²) in [5.74, 6) is 0.603. The summed E-state index contributed by atoms with van der Waals surface area (Å²) in [5, 5.41) is 9.86. The van der Waals surface area contributed by atoms with Gasteiger partial charge in [0.25, 0.3) is 5.56 Å². The second-order valence-electron chi connectivity index (χ2n) is 8.61. The molecule has 0 bridgehead atoms. The summed E-state index contributed by atoms with van der Waals surface area (Å²) in [6, 6.07) is 1.18. The van der Waals surface area contributed by atoms with Crippen molar-refractivity contribution < 1.29 is 9.53 Å². The van der Waals surface area contributed by atoms with Crippen LogP contribution in [0.5, 0.6) is 0 Å². The van der Waals surface area contributed by atoms with Crippen molar-refractivity contribution in [3.8, 4) is 0 Å². The van der Waals surface area contributed by atoms with Gasteiger partial charge in [-0.25, -0.2) is 4.79 Å². The molecule has 146 valence electrons. The lowest BCUT2D eigenvalue weighted by Crippen LogP contribution is -2.46. The SMILES string of the molecule is CC(C)C(C)(C)[Si](C)(C)OC[C@@H]1C[C@H](n2ccc(=O)[nH]c2=O)C=C1CO. The van der Waals surface area contributed by atoms with Crippen LogP contribution in [0.4, 0.5) is 0 Å². The molecule has 1 aliphatic carbocycles. The van der Waals surface area contributed by atoms with Gasteiger partial charge in [0.1, 0.15) is 0 Å². The molecular formula is C19H32N2O4Si. The van der Waals surface area contributed by atoms with Crippen LogP contribution < -0.4 is 11.2 Å². The maximum Gasteiger partial charge on any atom is 0.328 e. The number of hydrogen-bond donors (Lipinski definition) is 2. The van der Waals surface area contributed by atoms with Gasteiger partial charge in [-0.1, -0.05) is 33.8 Å². The Labute approximate surface area is 156 Å². The molecule has 0 aromatic carbocycles. The predicted molar refractivity (Wildman–Crippen MR) is 106 cm³/mol. The van der Waals surface area contributed by atoms with E-state index in [-0.39, 0.29) is 23.6 Å². The Morgan fingerprint density at radius 3 is 2.58 bits per heavy atom. The first-order valence-corrected chi connectivity index (χ1v) is 12.2. The van der Waals surface area contributed by atoms with Crippen molar-refractivity contribution in [3.05, 3.63) is 44.8 Å². The number of hydrogen-bond acceptors (Lipinski definition) is 4. The molecular weight excluding hydrogens is 348 g/mol. The Balaban J connectivity index is 2.13. The molecule has 26 heavy (non-hydrogen) atoms. The number of H-pyrrole nitrogens is 1. The summed E-state index contributed by atoms with van der Waals surface area (Å²) in [4.78, 5) is 25.6. The standard InChI is InChI=1S/C19H32N2O4Si/c1-13(2)19(3,4)26(5,6)25-12-15-10-16(9-14(15)11-22)21-8-7-17(23)20-18(21)24/h7-9,13,15-16,22H,10-12H2,1-6H3,(H,20,23,24)/t15-,16+/m0/s1. The number of aromatic amines is 1. The molecule has 0 unspecified atom stereocenters. The number of rotatable bonds is 7. The van der Waals surface area contributed by atoms with Crippen molar-refractivity contribution in [1.82, 2.24) is 9.55 Å². The van der Waals surface area contributed by atoms with Crippen LogP contribution in [-0.2, 0) is 4.43 Å². The number of allylic oxidation sites excluding steroid dienone is 1. The van der Waals surface area contributed by atoms with Crippen molar-refractivity contribution in [2.75, 3.05) is 13.2 Å². The lowest BCUT2D eigenvalue weighted by molar-refractivity contribution is 0.214. The number of aromatic nitrogens is 2. The molecule has 0 aliphatic heterocycles. The quantitative estimate of drug-likeness (QED) is 0.563. The summed E-state index contributed by atoms with van der Waals surface area (Å²) in [6.07, 6.45) is 4.13. The molecule has 7 heteroatoms. The highest BCUT2D eigenvalue weighted by molar-refractivity contribution is 6.74. The van der Waals surface area contributed by atoms with E-state index in [9.17, 15) is 14.7 Å². The summed E-state index contributed by atoms with van der Waals surface area (Å²) in [7, 11) is -1.95. The molecule has 2 N–H and O–H groups in total. The second kappa shape index (κ2) is 7.66. The van der Waals surface area contributed by atoms with E-state index in [1.54, 1.807) is 0 Å². The van der Waals surface area contributed by atoms with Crippen LogP contribution in [0.2, 0.25) is 18.1 Å². The molecule has 0 spiro atoms. The van der Waals surface area contributed by atoms with Crippen LogP contribution in [0.15, 0.2) is 33.5 Å². The minimum atomic E-state index is -1.95. The molecule has 0 saturated carbocycles. The van der Waals surface area contributed by atoms with E-state index in [1.807, 2.05) is 6.08 Å². The van der Waals surface area contributed by atoms with Crippen LogP contribution in [0.3, 0.4) is 0 Å². The summed E-state index contributed by atoms with van der Waals surface area (Å²) < 4.78 is 7.96. The minimum absolute atomic E-state index is 0.0435. The number of nitrogens with zero attached hydrogens (tertiary/aromatic N) is 1. The molecule has 0 saturated heterocycles. The Kier molecular flexibility index (Phi) is 6.15. The first-order chi connectivity index (χ1) is 12.0. The molecule has 1 heterocycles. The van der Waals surface area contributed by atoms with Gasteiger partial charge >= 0.3 is 5.69 Å². The highest BCUT2D eigenvalue weighted by Gasteiger charge is 2.44. The van der Waals surface area contributed by atoms with Crippen LogP contribution >= 0.6 is 0 Å². The molecule has 1 aliphatic rings. The van der Waals surface area contributed by atoms with Gasteiger partial charge in [-0.2, -0.15) is 0 Å². The first kappa shape index (κ1) is 20.9. The largest absolute Gasteiger partial charge is 0.416 e. The highest BCUT2D eigenvalue weighted by atomic mass is 28.4. The van der Waals surface area contributed by atoms with Crippen LogP contribution in [0, 0.1) is 11.8 Å². The third kappa shape index (κ3) is 4.10. The van der Waals surface area contributed by atoms with Crippen molar-refractivity contribution in [3.63, 3.8) is 0 Å². The van der Waals surface area contributed by atoms with Gasteiger partial charge in [-0.3, -0.25) is 14.3 Å². The molecule has 1 aromatic rings. The average molecular weight is 381 g/mol. The zero-order valence-corrected chi connectivity index (χ0v) is 17.7. The fourth-order valence-corrected chi connectivity index (χ4v) is 5.70. The molecule has 0 amide bonds. The van der Waals surface area contributed by atoms with Gasteiger partial charge in [0.2, 0.25) is 0 Å². The Morgan fingerprint density at radius 1 is 1.38 bits per heavy atom. The van der Waals surface area contributed by atoms with E-state index in [1.165, 1.54) is 16.8 Å². The Hall–Kier alpha value is -1.44. The first-order valence-electron chi connectivity index (χ1n) is 9.26. The van der Waals surface area contributed by atoms with Crippen LogP contribution in [0.25, 0.3) is 0 Å². The van der Waals surface area contributed by atoms with Gasteiger partial charge in [0.05, 0.1) is 12.6 Å². The number of nitrogens with one attached hydrogen (secondary N) is 1. The number of aliphatic hydroxyl groups excluding tert-OH is 1. The van der Waals surface area contributed by atoms with Gasteiger partial charge in [-0.15, -0.1) is 0 Å². The van der Waals surface area contributed by atoms with Crippen molar-refractivity contribution in [2.24, 2.45) is 11.8 Å². The molecule has 2 atom stereocenters. The zero-order valence-electron chi connectivity index (χ0n) is 16.7. The van der Waals surface area contributed by atoms with Gasteiger partial charge in [0, 0.05) is 24.8 Å². The maximum absolute atomic E-state index is 12.0. The van der Waals surface area contributed by atoms with Crippen molar-refractivity contribution in [2.45, 2.75) is 58.3 Å². The van der Waals surface area contributed by atoms with Gasteiger partial charge in [0.15, 0.2) is 8.32 Å². The Morgan fingerprint density at radius 2 is 2.04 bits per heavy atom. The fourth-order valence-electron chi connectivity index (χ4n) is 3.32. The minimum Gasteiger partial charge on any atom is -0.416 e. The second-order valence-corrected chi connectivity index (χ2v) is 13.2. The summed E-state index contributed by atoms with van der Waals surface area (Å²) in [5.41, 5.74) is 0.0765. The number of aliphatic hydroxyl groups is 1. The topological polar surface area (TPSA) is 84.3 Å². The zero-order chi connectivity index (χ0) is 19.7. The third-order valence-electron chi connectivity index (χ3n) is 6.49. The molecule has 0 radical (unpaired) electrons. The van der Waals surface area contributed by atoms with E-state index in [2.05, 4.69) is 45.8 Å². The fraction of sp³-hybridized carbons (Fsp3) is 0.684. The normalized spacial score (nSPS) is 21.3. The van der Waals surface area contributed by atoms with E-state index in [4.69, 9.17) is 4.43 Å². The maximum atomic E-state index is 12.0. The summed E-state index contributed by atoms with van der Waals surface area (Å²) in [6.45, 7) is 14.0. The van der Waals surface area contributed by atoms with Crippen LogP contribution in [0.1, 0.15) is 40.2 Å². The van der Waals surface area contributed by atoms with E-state index in [0.717, 1.165) is 5.57 Å². The average Bonchev–Trinajstić information content (AvgIpc) is 2.95. The Bertz CT molecular complexity index is 776. The predicted octanol–water partition coefficient (Wildman–Crippen LogP) is 2.67. The van der Waals surface area contributed by atoms with Gasteiger partial charge in [-0.05, 0) is 36.0 Å². The van der Waals surface area contributed by atoms with Gasteiger partial charge < -0.3 is 9.53 Å². The molecule has 2 rings (SSSR count). The lowest BCUT2D eigenvalue weighted by Gasteiger charge is -2.43. The third-order valence-corrected chi connectivity index (χ3v) is 11.1. The van der Waals surface area contributed by atoms with Crippen molar-refractivity contribution in [1.29, 1.82) is 0 Å². The molecule has 1 aromatic heterocycles. The monoisotopic (exact) mass is 380 g/mol.